The highest BCUT2D eigenvalue weighted by molar-refractivity contribution is 7.92. The maximum atomic E-state index is 13.8. The van der Waals surface area contributed by atoms with Crippen LogP contribution in [0.1, 0.15) is 67.5 Å². The lowest BCUT2D eigenvalue weighted by Gasteiger charge is -2.36. The van der Waals surface area contributed by atoms with E-state index in [-0.39, 0.29) is 29.3 Å². The Morgan fingerprint density at radius 3 is 2.25 bits per heavy atom. The van der Waals surface area contributed by atoms with Crippen molar-refractivity contribution < 1.29 is 39.9 Å². The molecule has 0 radical (unpaired) electrons. The number of hydrogen-bond acceptors (Lipinski definition) is 9. The fraction of sp³-hybridized carbons (Fsp3) is 0.375. The van der Waals surface area contributed by atoms with Crippen molar-refractivity contribution in [3.63, 3.8) is 0 Å². The second kappa shape index (κ2) is 17.1. The summed E-state index contributed by atoms with van der Waals surface area (Å²) in [5, 5.41) is 18.3. The van der Waals surface area contributed by atoms with E-state index >= 15 is 0 Å². The molecule has 2 fully saturated rings. The Labute approximate surface area is 330 Å². The number of rotatable bonds is 13. The molecule has 16 heteroatoms. The van der Waals surface area contributed by atoms with Gasteiger partial charge in [-0.05, 0) is 122 Å². The molecule has 0 spiro atoms. The normalized spacial score (nSPS) is 18.0. The molecule has 300 valence electrons. The molecule has 3 atom stereocenters. The molecule has 0 aliphatic carbocycles. The van der Waals surface area contributed by atoms with Gasteiger partial charge >= 0.3 is 5.51 Å². The monoisotopic (exact) mass is 832 g/mol. The fourth-order valence-electron chi connectivity index (χ4n) is 7.42. The van der Waals surface area contributed by atoms with Gasteiger partial charge in [0, 0.05) is 41.4 Å². The van der Waals surface area contributed by atoms with Crippen molar-refractivity contribution in [3.05, 3.63) is 107 Å². The lowest BCUT2D eigenvalue weighted by atomic mass is 9.84. The number of anilines is 2. The summed E-state index contributed by atoms with van der Waals surface area (Å²) in [6, 6.07) is 23.5. The van der Waals surface area contributed by atoms with E-state index in [1.54, 1.807) is 12.1 Å². The molecule has 2 heterocycles. The number of aliphatic hydroxyl groups is 1. The summed E-state index contributed by atoms with van der Waals surface area (Å²) in [5.41, 5.74) is -2.62. The number of piperidine rings is 1. The Morgan fingerprint density at radius 2 is 1.62 bits per heavy atom. The fourth-order valence-corrected chi connectivity index (χ4v) is 9.57. The van der Waals surface area contributed by atoms with Gasteiger partial charge in [0.2, 0.25) is 0 Å². The van der Waals surface area contributed by atoms with Crippen LogP contribution in [0.4, 0.5) is 24.5 Å². The molecule has 1 amide bonds. The lowest BCUT2D eigenvalue weighted by molar-refractivity contribution is -0.0435. The second-order valence-corrected chi connectivity index (χ2v) is 18.3. The zero-order valence-corrected chi connectivity index (χ0v) is 33.0. The minimum atomic E-state index is -5.98. The molecule has 2 aliphatic rings. The Hall–Kier alpha value is -4.15. The highest BCUT2D eigenvalue weighted by atomic mass is 35.5. The Bertz CT molecular complexity index is 2230. The van der Waals surface area contributed by atoms with Gasteiger partial charge < -0.3 is 20.6 Å². The Balaban J connectivity index is 1.12. The molecule has 2 aliphatic heterocycles. The van der Waals surface area contributed by atoms with Gasteiger partial charge in [-0.25, -0.2) is 21.6 Å². The maximum Gasteiger partial charge on any atom is 0.501 e. The summed E-state index contributed by atoms with van der Waals surface area (Å²) in [6.07, 6.45) is 3.51. The van der Waals surface area contributed by atoms with Gasteiger partial charge in [-0.2, -0.15) is 13.2 Å². The van der Waals surface area contributed by atoms with E-state index in [0.29, 0.717) is 49.9 Å². The van der Waals surface area contributed by atoms with Crippen molar-refractivity contribution in [3.8, 4) is 11.1 Å². The van der Waals surface area contributed by atoms with Crippen LogP contribution in [-0.4, -0.2) is 65.1 Å². The Morgan fingerprint density at radius 1 is 0.946 bits per heavy atom. The number of benzene rings is 4. The summed E-state index contributed by atoms with van der Waals surface area (Å²) < 4.78 is 95.3. The highest BCUT2D eigenvalue weighted by Gasteiger charge is 2.48. The molecule has 0 aromatic heterocycles. The van der Waals surface area contributed by atoms with E-state index in [0.717, 1.165) is 53.9 Å². The summed E-state index contributed by atoms with van der Waals surface area (Å²) in [6.45, 7) is 3.86. The number of aliphatic hydroxyl groups excluding tert-OH is 1. The van der Waals surface area contributed by atoms with Crippen LogP contribution in [0.15, 0.2) is 101 Å². The largest absolute Gasteiger partial charge is 0.501 e. The van der Waals surface area contributed by atoms with Crippen LogP contribution in [-0.2, 0) is 19.9 Å². The van der Waals surface area contributed by atoms with E-state index in [4.69, 9.17) is 11.6 Å². The third-order valence-electron chi connectivity index (χ3n) is 10.6. The van der Waals surface area contributed by atoms with Crippen molar-refractivity contribution in [2.75, 3.05) is 29.9 Å². The van der Waals surface area contributed by atoms with Gasteiger partial charge in [-0.15, -0.1) is 0 Å². The number of sulfone groups is 1. The summed E-state index contributed by atoms with van der Waals surface area (Å²) in [5.74, 6) is -1.05. The predicted molar refractivity (Wildman–Crippen MR) is 211 cm³/mol. The molecule has 0 unspecified atom stereocenters. The number of alkyl halides is 3. The number of sulfonamides is 1. The quantitative estimate of drug-likeness (QED) is 0.107. The van der Waals surface area contributed by atoms with Crippen LogP contribution in [0.5, 0.6) is 0 Å². The molecule has 10 nitrogen and oxygen atoms in total. The van der Waals surface area contributed by atoms with Gasteiger partial charge in [-0.1, -0.05) is 54.9 Å². The molecule has 4 aromatic rings. The number of carbonyl (C=O) groups is 1. The van der Waals surface area contributed by atoms with E-state index < -0.39 is 47.2 Å². The van der Waals surface area contributed by atoms with Crippen molar-refractivity contribution in [2.24, 2.45) is 5.92 Å². The number of halogens is 4. The van der Waals surface area contributed by atoms with Crippen molar-refractivity contribution in [1.29, 1.82) is 0 Å². The molecule has 4 aromatic carbocycles. The van der Waals surface area contributed by atoms with Crippen LogP contribution >= 0.6 is 11.6 Å². The molecule has 0 saturated carbocycles. The molecule has 0 bridgehead atoms. The first-order valence-electron chi connectivity index (χ1n) is 18.5. The SMILES string of the molecule is CC[C@@H](C[C@H]1CCCN1)Nc1ccc(S(=O)(=O)NC(=O)c2ccc(N3CCC([C@@H](O)c4ccccc4-c4ccc(Cl)cc4)CC3)cc2)cc1S(=O)(=O)C(F)(F)F. The van der Waals surface area contributed by atoms with E-state index in [2.05, 4.69) is 15.5 Å². The van der Waals surface area contributed by atoms with Crippen LogP contribution in [0.25, 0.3) is 11.1 Å². The third-order valence-corrected chi connectivity index (χ3v) is 13.7. The zero-order valence-electron chi connectivity index (χ0n) is 30.6. The smallest absolute Gasteiger partial charge is 0.388 e. The van der Waals surface area contributed by atoms with E-state index in [1.807, 2.05) is 60.2 Å². The molecule has 2 saturated heterocycles. The zero-order chi connectivity index (χ0) is 40.3. The first kappa shape index (κ1) is 41.5. The minimum Gasteiger partial charge on any atom is -0.388 e. The summed E-state index contributed by atoms with van der Waals surface area (Å²) in [4.78, 5) is 13.2. The first-order chi connectivity index (χ1) is 26.6. The molecular weight excluding hydrogens is 789 g/mol. The van der Waals surface area contributed by atoms with Crippen LogP contribution in [0.3, 0.4) is 0 Å². The topological polar surface area (TPSA) is 145 Å². The summed E-state index contributed by atoms with van der Waals surface area (Å²) in [7, 11) is -10.8. The summed E-state index contributed by atoms with van der Waals surface area (Å²) >= 11 is 6.08. The average molecular weight is 833 g/mol. The van der Waals surface area contributed by atoms with E-state index in [1.165, 1.54) is 12.1 Å². The van der Waals surface area contributed by atoms with Crippen molar-refractivity contribution in [2.45, 2.75) is 78.9 Å². The molecular formula is C40H44ClF3N4O6S2. The van der Waals surface area contributed by atoms with E-state index in [9.17, 15) is 39.9 Å². The number of hydrogen-bond donors (Lipinski definition) is 4. The van der Waals surface area contributed by atoms with Gasteiger partial charge in [0.15, 0.2) is 0 Å². The number of amides is 1. The van der Waals surface area contributed by atoms with Crippen LogP contribution in [0, 0.1) is 5.92 Å². The standard InChI is InChI=1S/C40H44ClF3N4O6S2/c1-2-30(24-31-6-5-21-45-31)46-36-18-17-33(25-37(36)55(51,52)40(42,43)44)56(53,54)47-39(50)28-11-15-32(16-12-28)48-22-19-27(20-23-48)38(49)35-8-4-3-7-34(35)26-9-13-29(41)14-10-26/h3-4,7-18,25,27,30-31,38,45-46,49H,2,5-6,19-24H2,1H3,(H,47,50)/t30-,31+,38+/m0/s1. The van der Waals surface area contributed by atoms with Gasteiger partial charge in [-0.3, -0.25) is 4.79 Å². The van der Waals surface area contributed by atoms with Crippen molar-refractivity contribution >= 4 is 48.7 Å². The predicted octanol–water partition coefficient (Wildman–Crippen LogP) is 7.70. The molecule has 6 rings (SSSR count). The maximum absolute atomic E-state index is 13.8. The first-order valence-corrected chi connectivity index (χ1v) is 21.8. The molecule has 56 heavy (non-hydrogen) atoms. The third kappa shape index (κ3) is 9.34. The molecule has 4 N–H and O–H groups in total. The van der Waals surface area contributed by atoms with Gasteiger partial charge in [0.05, 0.1) is 16.7 Å². The second-order valence-electron chi connectivity index (χ2n) is 14.2. The van der Waals surface area contributed by atoms with Crippen LogP contribution < -0.4 is 20.3 Å². The average Bonchev–Trinajstić information content (AvgIpc) is 3.70. The van der Waals surface area contributed by atoms with Gasteiger partial charge in [0.1, 0.15) is 4.90 Å². The highest BCUT2D eigenvalue weighted by Crippen LogP contribution is 2.39. The van der Waals surface area contributed by atoms with Gasteiger partial charge in [0.25, 0.3) is 25.8 Å². The van der Waals surface area contributed by atoms with Crippen LogP contribution in [0.2, 0.25) is 5.02 Å². The number of nitrogens with zero attached hydrogens (tertiary/aromatic N) is 1. The Kier molecular flexibility index (Phi) is 12.7. The minimum absolute atomic E-state index is 0.00580. The lowest BCUT2D eigenvalue weighted by Crippen LogP contribution is -2.36. The number of carbonyl (C=O) groups excluding carboxylic acids is 1. The van der Waals surface area contributed by atoms with Crippen molar-refractivity contribution in [1.82, 2.24) is 10.0 Å². The number of nitrogens with one attached hydrogen (secondary N) is 3.